The number of carbonyl (C=O) groups excluding carboxylic acids is 2. The molecule has 1 spiro atoms. The molecule has 0 bridgehead atoms. The molecule has 0 aliphatic heterocycles. The van der Waals surface area contributed by atoms with Gasteiger partial charge in [0.15, 0.2) is 5.41 Å². The van der Waals surface area contributed by atoms with E-state index in [1.165, 1.54) is 19.3 Å². The van der Waals surface area contributed by atoms with Crippen LogP contribution in [0.1, 0.15) is 58.8 Å². The molecular weight excluding hydrogens is 244 g/mol. The Bertz CT molecular complexity index is 327. The molecule has 0 aromatic carbocycles. The number of carbonyl (C=O) groups is 2. The van der Waals surface area contributed by atoms with Crippen LogP contribution in [0, 0.1) is 10.8 Å². The maximum Gasteiger partial charge on any atom is 0.323 e. The van der Waals surface area contributed by atoms with Crippen LogP contribution >= 0.6 is 0 Å². The van der Waals surface area contributed by atoms with Gasteiger partial charge in [0.1, 0.15) is 0 Å². The molecule has 108 valence electrons. The van der Waals surface area contributed by atoms with Gasteiger partial charge in [-0.3, -0.25) is 9.59 Å². The Balaban J connectivity index is 2.11. The number of hydrogen-bond donors (Lipinski definition) is 0. The first-order chi connectivity index (χ1) is 9.08. The average molecular weight is 268 g/mol. The number of ether oxygens (including phenoxy) is 2. The van der Waals surface area contributed by atoms with Crippen molar-refractivity contribution in [1.82, 2.24) is 0 Å². The Morgan fingerprint density at radius 3 is 1.63 bits per heavy atom. The van der Waals surface area contributed by atoms with E-state index in [4.69, 9.17) is 9.47 Å². The number of rotatable bonds is 4. The molecule has 19 heavy (non-hydrogen) atoms. The van der Waals surface area contributed by atoms with Crippen LogP contribution in [0.2, 0.25) is 0 Å². The molecule has 4 nitrogen and oxygen atoms in total. The molecule has 0 aromatic heterocycles. The zero-order valence-corrected chi connectivity index (χ0v) is 12.0. The maximum absolute atomic E-state index is 12.2. The van der Waals surface area contributed by atoms with E-state index in [1.54, 1.807) is 13.8 Å². The van der Waals surface area contributed by atoms with Gasteiger partial charge in [-0.15, -0.1) is 0 Å². The van der Waals surface area contributed by atoms with Gasteiger partial charge in [0.2, 0.25) is 0 Å². The van der Waals surface area contributed by atoms with Crippen molar-refractivity contribution in [2.24, 2.45) is 10.8 Å². The highest BCUT2D eigenvalue weighted by Gasteiger charge is 2.55. The van der Waals surface area contributed by atoms with Crippen LogP contribution in [-0.2, 0) is 19.1 Å². The van der Waals surface area contributed by atoms with Crippen molar-refractivity contribution in [2.75, 3.05) is 13.2 Å². The summed E-state index contributed by atoms with van der Waals surface area (Å²) in [6, 6.07) is 0. The third-order valence-corrected chi connectivity index (χ3v) is 4.91. The predicted octanol–water partition coefficient (Wildman–Crippen LogP) is 2.84. The van der Waals surface area contributed by atoms with Crippen molar-refractivity contribution in [1.29, 1.82) is 0 Å². The molecule has 2 aliphatic rings. The van der Waals surface area contributed by atoms with E-state index in [2.05, 4.69) is 0 Å². The second-order valence-corrected chi connectivity index (χ2v) is 5.88. The normalized spacial score (nSPS) is 23.5. The highest BCUT2D eigenvalue weighted by molar-refractivity contribution is 6.00. The third-order valence-electron chi connectivity index (χ3n) is 4.91. The Morgan fingerprint density at radius 2 is 1.32 bits per heavy atom. The van der Waals surface area contributed by atoms with Gasteiger partial charge in [-0.25, -0.2) is 0 Å². The fraction of sp³-hybridized carbons (Fsp3) is 0.867. The predicted molar refractivity (Wildman–Crippen MR) is 70.5 cm³/mol. The van der Waals surface area contributed by atoms with Gasteiger partial charge in [-0.2, -0.15) is 0 Å². The summed E-state index contributed by atoms with van der Waals surface area (Å²) in [6.07, 6.45) is 6.85. The smallest absolute Gasteiger partial charge is 0.323 e. The first-order valence-electron chi connectivity index (χ1n) is 7.43. The second-order valence-electron chi connectivity index (χ2n) is 5.88. The lowest BCUT2D eigenvalue weighted by Crippen LogP contribution is -2.48. The molecular formula is C15H24O4. The fourth-order valence-corrected chi connectivity index (χ4v) is 3.41. The SMILES string of the molecule is CCOC(=O)C1(C(=O)OCC)CCC2(CCC2)CC1. The van der Waals surface area contributed by atoms with E-state index in [9.17, 15) is 9.59 Å². The molecule has 0 unspecified atom stereocenters. The van der Waals surface area contributed by atoms with Crippen molar-refractivity contribution >= 4 is 11.9 Å². The lowest BCUT2D eigenvalue weighted by Gasteiger charge is -2.49. The van der Waals surface area contributed by atoms with Gasteiger partial charge in [0.25, 0.3) is 0 Å². The van der Waals surface area contributed by atoms with Crippen LogP contribution < -0.4 is 0 Å². The zero-order chi connectivity index (χ0) is 13.9. The number of hydrogen-bond acceptors (Lipinski definition) is 4. The zero-order valence-electron chi connectivity index (χ0n) is 12.0. The van der Waals surface area contributed by atoms with Gasteiger partial charge in [0, 0.05) is 0 Å². The topological polar surface area (TPSA) is 52.6 Å². The maximum atomic E-state index is 12.2. The summed E-state index contributed by atoms with van der Waals surface area (Å²) in [5.74, 6) is -0.773. The Labute approximate surface area is 114 Å². The van der Waals surface area contributed by atoms with Crippen molar-refractivity contribution < 1.29 is 19.1 Å². The number of esters is 2. The molecule has 2 aliphatic carbocycles. The van der Waals surface area contributed by atoms with E-state index in [-0.39, 0.29) is 11.9 Å². The van der Waals surface area contributed by atoms with Crippen LogP contribution in [0.4, 0.5) is 0 Å². The molecule has 4 heteroatoms. The van der Waals surface area contributed by atoms with Gasteiger partial charge in [-0.1, -0.05) is 6.42 Å². The minimum absolute atomic E-state index is 0.311. The van der Waals surface area contributed by atoms with E-state index in [1.807, 2.05) is 0 Å². The summed E-state index contributed by atoms with van der Waals surface area (Å²) in [5, 5.41) is 0. The monoisotopic (exact) mass is 268 g/mol. The molecule has 0 amide bonds. The van der Waals surface area contributed by atoms with Gasteiger partial charge in [0.05, 0.1) is 13.2 Å². The summed E-state index contributed by atoms with van der Waals surface area (Å²) >= 11 is 0. The highest BCUT2D eigenvalue weighted by Crippen LogP contribution is 2.56. The summed E-state index contributed by atoms with van der Waals surface area (Å²) in [5.41, 5.74) is -0.630. The van der Waals surface area contributed by atoms with Crippen molar-refractivity contribution in [3.63, 3.8) is 0 Å². The van der Waals surface area contributed by atoms with Crippen molar-refractivity contribution in [3.05, 3.63) is 0 Å². The van der Waals surface area contributed by atoms with E-state index < -0.39 is 5.41 Å². The summed E-state index contributed by atoms with van der Waals surface area (Å²) in [7, 11) is 0. The molecule has 0 atom stereocenters. The van der Waals surface area contributed by atoms with Crippen LogP contribution in [0.3, 0.4) is 0 Å². The Morgan fingerprint density at radius 1 is 0.842 bits per heavy atom. The van der Waals surface area contributed by atoms with Gasteiger partial charge in [-0.05, 0) is 57.8 Å². The summed E-state index contributed by atoms with van der Waals surface area (Å²) in [6.45, 7) is 4.16. The molecule has 2 saturated carbocycles. The van der Waals surface area contributed by atoms with Crippen molar-refractivity contribution in [3.8, 4) is 0 Å². The van der Waals surface area contributed by atoms with Crippen LogP contribution in [0.5, 0.6) is 0 Å². The average Bonchev–Trinajstić information content (AvgIpc) is 2.37. The van der Waals surface area contributed by atoms with Crippen LogP contribution in [-0.4, -0.2) is 25.2 Å². The molecule has 0 heterocycles. The van der Waals surface area contributed by atoms with E-state index >= 15 is 0 Å². The fourth-order valence-electron chi connectivity index (χ4n) is 3.41. The largest absolute Gasteiger partial charge is 0.465 e. The van der Waals surface area contributed by atoms with E-state index in [0.29, 0.717) is 31.5 Å². The summed E-state index contributed by atoms with van der Waals surface area (Å²) in [4.78, 5) is 24.5. The lowest BCUT2D eigenvalue weighted by atomic mass is 9.55. The molecule has 0 aromatic rings. The first-order valence-corrected chi connectivity index (χ1v) is 7.43. The highest BCUT2D eigenvalue weighted by atomic mass is 16.6. The lowest BCUT2D eigenvalue weighted by molar-refractivity contribution is -0.178. The van der Waals surface area contributed by atoms with E-state index in [0.717, 1.165) is 12.8 Å². The quantitative estimate of drug-likeness (QED) is 0.581. The van der Waals surface area contributed by atoms with Crippen molar-refractivity contribution in [2.45, 2.75) is 58.8 Å². The summed E-state index contributed by atoms with van der Waals surface area (Å²) < 4.78 is 10.3. The third kappa shape index (κ3) is 2.49. The van der Waals surface area contributed by atoms with Crippen LogP contribution in [0.15, 0.2) is 0 Å². The molecule has 2 fully saturated rings. The minimum atomic E-state index is -1.03. The standard InChI is InChI=1S/C15H24O4/c1-3-18-12(16)15(13(17)19-4-2)10-8-14(9-11-15)6-5-7-14/h3-11H2,1-2H3. The molecule has 0 N–H and O–H groups in total. The molecule has 0 radical (unpaired) electrons. The first kappa shape index (κ1) is 14.4. The van der Waals surface area contributed by atoms with Gasteiger partial charge >= 0.3 is 11.9 Å². The molecule has 2 rings (SSSR count). The molecule has 0 saturated heterocycles. The minimum Gasteiger partial charge on any atom is -0.465 e. The van der Waals surface area contributed by atoms with Gasteiger partial charge < -0.3 is 9.47 Å². The Kier molecular flexibility index (Phi) is 4.16. The second kappa shape index (κ2) is 5.51. The Hall–Kier alpha value is -1.06. The van der Waals surface area contributed by atoms with Crippen LogP contribution in [0.25, 0.3) is 0 Å².